The molecule has 0 saturated heterocycles. The van der Waals surface area contributed by atoms with Crippen LogP contribution in [0.15, 0.2) is 206 Å². The number of imide groups is 1. The van der Waals surface area contributed by atoms with Crippen molar-refractivity contribution in [3.05, 3.63) is 217 Å². The molecule has 10 heteroatoms. The molecule has 4 heterocycles. The molecule has 10 nitrogen and oxygen atoms in total. The maximum atomic E-state index is 14.5. The number of nitrogens with zero attached hydrogens (tertiary/aromatic N) is 8. The summed E-state index contributed by atoms with van der Waals surface area (Å²) >= 11 is 0. The Hall–Kier alpha value is -9.28. The quantitative estimate of drug-likeness (QED) is 0.139. The number of para-hydroxylation sites is 1. The molecule has 11 aromatic rings. The second kappa shape index (κ2) is 15.8. The highest BCUT2D eigenvalue weighted by Gasteiger charge is 2.39. The summed E-state index contributed by atoms with van der Waals surface area (Å²) in [5.41, 5.74) is 8.37. The second-order valence-corrected chi connectivity index (χ2v) is 15.9. The van der Waals surface area contributed by atoms with Gasteiger partial charge in [-0.2, -0.15) is 0 Å². The molecule has 0 atom stereocenters. The molecule has 0 aliphatic carbocycles. The molecule has 8 aromatic carbocycles. The molecular weight excluding hydrogens is 817 g/mol. The molecule has 12 rings (SSSR count). The van der Waals surface area contributed by atoms with Gasteiger partial charge in [-0.3, -0.25) is 9.59 Å². The predicted octanol–water partition coefficient (Wildman–Crippen LogP) is 12.0. The molecular formula is C56H34N8O2. The molecule has 0 bridgehead atoms. The van der Waals surface area contributed by atoms with Crippen LogP contribution in [0.25, 0.3) is 95.8 Å². The van der Waals surface area contributed by atoms with Gasteiger partial charge in [0.2, 0.25) is 0 Å². The third-order valence-electron chi connectivity index (χ3n) is 11.8. The second-order valence-electron chi connectivity index (χ2n) is 15.9. The van der Waals surface area contributed by atoms with E-state index in [4.69, 9.17) is 29.9 Å². The summed E-state index contributed by atoms with van der Waals surface area (Å²) in [5, 5.41) is 1.73. The summed E-state index contributed by atoms with van der Waals surface area (Å²) in [6, 6.07) is 66.2. The highest BCUT2D eigenvalue weighted by atomic mass is 16.2. The van der Waals surface area contributed by atoms with Crippen molar-refractivity contribution >= 4 is 39.3 Å². The highest BCUT2D eigenvalue weighted by molar-refractivity contribution is 6.35. The van der Waals surface area contributed by atoms with Crippen LogP contribution in [-0.4, -0.2) is 46.3 Å². The van der Waals surface area contributed by atoms with Gasteiger partial charge >= 0.3 is 0 Å². The lowest BCUT2D eigenvalue weighted by molar-refractivity contribution is 0.0926. The van der Waals surface area contributed by atoms with Crippen LogP contribution >= 0.6 is 0 Å². The third kappa shape index (κ3) is 6.60. The van der Waals surface area contributed by atoms with Gasteiger partial charge in [-0.05, 0) is 60.7 Å². The van der Waals surface area contributed by atoms with Crippen molar-refractivity contribution < 1.29 is 9.59 Å². The van der Waals surface area contributed by atoms with E-state index >= 15 is 0 Å². The number of rotatable bonds is 8. The van der Waals surface area contributed by atoms with Crippen LogP contribution in [0.3, 0.4) is 0 Å². The molecule has 1 aliphatic heterocycles. The number of hydrogen-bond acceptors (Lipinski definition) is 8. The minimum Gasteiger partial charge on any atom is -0.308 e. The van der Waals surface area contributed by atoms with E-state index < -0.39 is 0 Å². The van der Waals surface area contributed by atoms with Gasteiger partial charge in [-0.25, -0.2) is 34.8 Å². The van der Waals surface area contributed by atoms with Crippen LogP contribution in [0.1, 0.15) is 20.7 Å². The van der Waals surface area contributed by atoms with Crippen LogP contribution in [-0.2, 0) is 0 Å². The van der Waals surface area contributed by atoms with Crippen LogP contribution in [0.2, 0.25) is 0 Å². The fraction of sp³-hybridized carbons (Fsp3) is 0. The van der Waals surface area contributed by atoms with E-state index in [1.165, 1.54) is 4.90 Å². The van der Waals surface area contributed by atoms with Gasteiger partial charge in [0.15, 0.2) is 34.9 Å². The first-order valence-corrected chi connectivity index (χ1v) is 21.5. The van der Waals surface area contributed by atoms with Crippen molar-refractivity contribution in [1.82, 2.24) is 34.5 Å². The summed E-state index contributed by atoms with van der Waals surface area (Å²) in [6.45, 7) is 0. The molecule has 66 heavy (non-hydrogen) atoms. The summed E-state index contributed by atoms with van der Waals surface area (Å²) in [5.74, 6) is 2.44. The topological polar surface area (TPSA) is 120 Å². The van der Waals surface area contributed by atoms with E-state index in [-0.39, 0.29) is 11.8 Å². The Morgan fingerprint density at radius 3 is 1.08 bits per heavy atom. The van der Waals surface area contributed by atoms with Gasteiger partial charge in [0.25, 0.3) is 11.8 Å². The van der Waals surface area contributed by atoms with E-state index in [1.54, 1.807) is 18.2 Å². The highest BCUT2D eigenvalue weighted by Crippen LogP contribution is 2.40. The lowest BCUT2D eigenvalue weighted by Gasteiger charge is -2.14. The third-order valence-corrected chi connectivity index (χ3v) is 11.8. The largest absolute Gasteiger partial charge is 0.308 e. The molecule has 0 fully saturated rings. The normalized spacial score (nSPS) is 12.3. The van der Waals surface area contributed by atoms with E-state index in [0.29, 0.717) is 57.4 Å². The van der Waals surface area contributed by atoms with Crippen LogP contribution in [0, 0.1) is 0 Å². The number of hydrogen-bond donors (Lipinski definition) is 0. The summed E-state index contributed by atoms with van der Waals surface area (Å²) in [6.07, 6.45) is 0. The van der Waals surface area contributed by atoms with E-state index in [1.807, 2.05) is 176 Å². The number of benzene rings is 8. The van der Waals surface area contributed by atoms with Crippen molar-refractivity contribution in [1.29, 1.82) is 0 Å². The van der Waals surface area contributed by atoms with Gasteiger partial charge in [0.1, 0.15) is 0 Å². The smallest absolute Gasteiger partial charge is 0.268 e. The Kier molecular flexibility index (Phi) is 9.20. The molecule has 3 aromatic heterocycles. The Morgan fingerprint density at radius 2 is 0.682 bits per heavy atom. The standard InChI is InChI=1S/C56H34N8O2/c65-55-42-27-16-28-47(48(42)56(66)63(55)41-25-14-5-15-26-41)64-45-31-29-39(53-59-49(35-17-6-1-7-18-35)57-50(60-53)36-19-8-2-9-20-36)33-43(45)44-34-40(30-32-46(44)64)54-61-51(37-21-10-3-11-22-37)58-52(62-54)38-23-12-4-13-24-38/h1-34H. The van der Waals surface area contributed by atoms with Crippen molar-refractivity contribution in [2.75, 3.05) is 4.90 Å². The van der Waals surface area contributed by atoms with Crippen LogP contribution in [0.5, 0.6) is 0 Å². The zero-order valence-corrected chi connectivity index (χ0v) is 35.0. The minimum absolute atomic E-state index is 0.327. The summed E-state index contributed by atoms with van der Waals surface area (Å²) in [7, 11) is 0. The SMILES string of the molecule is O=C1c2cccc(-n3c4ccc(-c5nc(-c6ccccc6)nc(-c6ccccc6)n5)cc4c4cc(-c5nc(-c6ccccc6)nc(-c6ccccc6)n5)ccc43)c2C(=O)N1c1ccccc1. The minimum atomic E-state index is -0.390. The number of fused-ring (bicyclic) bond motifs is 4. The number of aromatic nitrogens is 7. The molecule has 2 amide bonds. The number of amides is 2. The molecule has 0 N–H and O–H groups in total. The fourth-order valence-electron chi connectivity index (χ4n) is 8.70. The predicted molar refractivity (Wildman–Crippen MR) is 258 cm³/mol. The molecule has 0 spiro atoms. The van der Waals surface area contributed by atoms with Crippen molar-refractivity contribution in [3.8, 4) is 74.0 Å². The van der Waals surface area contributed by atoms with Gasteiger partial charge in [-0.1, -0.05) is 146 Å². The lowest BCUT2D eigenvalue weighted by Crippen LogP contribution is -2.29. The lowest BCUT2D eigenvalue weighted by atomic mass is 10.1. The molecule has 0 unspecified atom stereocenters. The van der Waals surface area contributed by atoms with Crippen LogP contribution < -0.4 is 4.90 Å². The number of carbonyl (C=O) groups excluding carboxylic acids is 2. The molecule has 0 radical (unpaired) electrons. The monoisotopic (exact) mass is 850 g/mol. The van der Waals surface area contributed by atoms with Gasteiger partial charge in [0, 0.05) is 44.2 Å². The van der Waals surface area contributed by atoms with Crippen molar-refractivity contribution in [2.24, 2.45) is 0 Å². The first-order chi connectivity index (χ1) is 32.6. The van der Waals surface area contributed by atoms with Gasteiger partial charge < -0.3 is 4.57 Å². The number of carbonyl (C=O) groups is 2. The van der Waals surface area contributed by atoms with E-state index in [2.05, 4.69) is 16.7 Å². The molecule has 1 aliphatic rings. The van der Waals surface area contributed by atoms with E-state index in [0.717, 1.165) is 55.2 Å². The fourth-order valence-corrected chi connectivity index (χ4v) is 8.70. The first kappa shape index (κ1) is 38.4. The van der Waals surface area contributed by atoms with E-state index in [9.17, 15) is 9.59 Å². The Labute approximate surface area is 378 Å². The van der Waals surface area contributed by atoms with Crippen LogP contribution in [0.4, 0.5) is 5.69 Å². The van der Waals surface area contributed by atoms with Crippen molar-refractivity contribution in [3.63, 3.8) is 0 Å². The summed E-state index contributed by atoms with van der Waals surface area (Å²) < 4.78 is 2.06. The molecule has 0 saturated carbocycles. The zero-order chi connectivity index (χ0) is 44.1. The number of anilines is 1. The zero-order valence-electron chi connectivity index (χ0n) is 35.0. The average Bonchev–Trinajstić information content (AvgIpc) is 3.86. The first-order valence-electron chi connectivity index (χ1n) is 21.5. The van der Waals surface area contributed by atoms with Gasteiger partial charge in [0.05, 0.1) is 33.5 Å². The Balaban J connectivity index is 1.10. The summed E-state index contributed by atoms with van der Waals surface area (Å²) in [4.78, 5) is 59.9. The maximum absolute atomic E-state index is 14.5. The Morgan fingerprint density at radius 1 is 0.318 bits per heavy atom. The average molecular weight is 851 g/mol. The Bertz CT molecular complexity index is 3380. The van der Waals surface area contributed by atoms with Crippen molar-refractivity contribution in [2.45, 2.75) is 0 Å². The van der Waals surface area contributed by atoms with Gasteiger partial charge in [-0.15, -0.1) is 0 Å². The molecule has 310 valence electrons. The maximum Gasteiger partial charge on any atom is 0.268 e.